The lowest BCUT2D eigenvalue weighted by molar-refractivity contribution is 0.373. The smallest absolute Gasteiger partial charge is 0.222 e. The molecular weight excluding hydrogens is 396 g/mol. The Bertz CT molecular complexity index is 1010. The number of aryl methyl sites for hydroxylation is 1. The fourth-order valence-electron chi connectivity index (χ4n) is 3.74. The molecule has 0 bridgehead atoms. The van der Waals surface area contributed by atoms with Crippen molar-refractivity contribution in [2.24, 2.45) is 0 Å². The van der Waals surface area contributed by atoms with Gasteiger partial charge in [0.25, 0.3) is 0 Å². The summed E-state index contributed by atoms with van der Waals surface area (Å²) in [6.45, 7) is 10.5. The zero-order valence-corrected chi connectivity index (χ0v) is 19.0. The topological polar surface area (TPSA) is 76.1 Å². The van der Waals surface area contributed by atoms with Crippen LogP contribution in [0.1, 0.15) is 32.2 Å². The van der Waals surface area contributed by atoms with Gasteiger partial charge in [-0.15, -0.1) is 21.5 Å². The van der Waals surface area contributed by atoms with E-state index in [1.807, 2.05) is 37.4 Å². The van der Waals surface area contributed by atoms with Crippen molar-refractivity contribution in [3.63, 3.8) is 0 Å². The summed E-state index contributed by atoms with van der Waals surface area (Å²) in [5, 5.41) is 13.6. The van der Waals surface area contributed by atoms with E-state index in [9.17, 15) is 0 Å². The molecule has 0 saturated carbocycles. The van der Waals surface area contributed by atoms with Crippen LogP contribution in [0.4, 0.5) is 5.82 Å². The maximum absolute atomic E-state index is 5.53. The molecule has 0 aromatic carbocycles. The standard InChI is InChI=1S/C22H28N6OS/c1-14-23-12-19(30-14)16-6-7-17(24-21(16)29-5)18-8-9-20(27-26-18)28-11-10-15(13-28)25-22(2,3)4/h6-9,12,15,25H,10-11,13H2,1-5H3/t15-/m1/s1. The minimum Gasteiger partial charge on any atom is -0.481 e. The van der Waals surface area contributed by atoms with Crippen LogP contribution in [0, 0.1) is 6.92 Å². The number of thiazole rings is 1. The molecule has 0 aliphatic carbocycles. The van der Waals surface area contributed by atoms with Gasteiger partial charge in [0.1, 0.15) is 5.69 Å². The molecule has 1 N–H and O–H groups in total. The molecule has 1 aliphatic heterocycles. The number of ether oxygens (including phenoxy) is 1. The third-order valence-electron chi connectivity index (χ3n) is 5.00. The van der Waals surface area contributed by atoms with Crippen molar-refractivity contribution < 1.29 is 4.74 Å². The summed E-state index contributed by atoms with van der Waals surface area (Å²) in [6.07, 6.45) is 2.96. The third-order valence-corrected chi connectivity index (χ3v) is 5.95. The summed E-state index contributed by atoms with van der Waals surface area (Å²) in [5.74, 6) is 1.47. The largest absolute Gasteiger partial charge is 0.481 e. The van der Waals surface area contributed by atoms with Crippen LogP contribution in [0.5, 0.6) is 5.88 Å². The van der Waals surface area contributed by atoms with Gasteiger partial charge in [-0.25, -0.2) is 9.97 Å². The first-order valence-corrected chi connectivity index (χ1v) is 11.0. The van der Waals surface area contributed by atoms with Crippen LogP contribution in [0.2, 0.25) is 0 Å². The molecule has 3 aromatic rings. The molecule has 7 nitrogen and oxygen atoms in total. The first kappa shape index (κ1) is 20.7. The first-order chi connectivity index (χ1) is 14.3. The number of anilines is 1. The van der Waals surface area contributed by atoms with E-state index in [1.165, 1.54) is 0 Å². The number of rotatable bonds is 5. The van der Waals surface area contributed by atoms with Crippen molar-refractivity contribution in [1.82, 2.24) is 25.5 Å². The SMILES string of the molecule is COc1nc(-c2ccc(N3CC[C@@H](NC(C)(C)C)C3)nn2)ccc1-c1cnc(C)s1. The molecule has 0 amide bonds. The molecule has 4 heterocycles. The molecule has 0 radical (unpaired) electrons. The van der Waals surface area contributed by atoms with E-state index < -0.39 is 0 Å². The summed E-state index contributed by atoms with van der Waals surface area (Å²) in [6, 6.07) is 8.44. The van der Waals surface area contributed by atoms with Crippen molar-refractivity contribution in [1.29, 1.82) is 0 Å². The Morgan fingerprint density at radius 1 is 1.13 bits per heavy atom. The van der Waals surface area contributed by atoms with Crippen molar-refractivity contribution in [3.05, 3.63) is 35.5 Å². The summed E-state index contributed by atoms with van der Waals surface area (Å²) in [7, 11) is 1.63. The van der Waals surface area contributed by atoms with E-state index in [-0.39, 0.29) is 5.54 Å². The lowest BCUT2D eigenvalue weighted by atomic mass is 10.1. The summed E-state index contributed by atoms with van der Waals surface area (Å²) in [4.78, 5) is 12.3. The van der Waals surface area contributed by atoms with E-state index in [4.69, 9.17) is 4.74 Å². The lowest BCUT2D eigenvalue weighted by Crippen LogP contribution is -2.45. The van der Waals surface area contributed by atoms with Gasteiger partial charge < -0.3 is 15.0 Å². The molecule has 0 unspecified atom stereocenters. The van der Waals surface area contributed by atoms with Gasteiger partial charge in [0, 0.05) is 30.9 Å². The van der Waals surface area contributed by atoms with Gasteiger partial charge >= 0.3 is 0 Å². The van der Waals surface area contributed by atoms with Crippen molar-refractivity contribution >= 4 is 17.2 Å². The zero-order valence-electron chi connectivity index (χ0n) is 18.1. The molecular formula is C22H28N6OS. The summed E-state index contributed by atoms with van der Waals surface area (Å²) < 4.78 is 5.53. The van der Waals surface area contributed by atoms with Crippen molar-refractivity contribution in [3.8, 4) is 27.7 Å². The third kappa shape index (κ3) is 4.60. The molecule has 3 aromatic heterocycles. The van der Waals surface area contributed by atoms with E-state index in [1.54, 1.807) is 18.4 Å². The summed E-state index contributed by atoms with van der Waals surface area (Å²) >= 11 is 1.62. The average molecular weight is 425 g/mol. The second kappa shape index (κ2) is 8.28. The zero-order chi connectivity index (χ0) is 21.3. The van der Waals surface area contributed by atoms with Crippen LogP contribution < -0.4 is 15.0 Å². The highest BCUT2D eigenvalue weighted by Gasteiger charge is 2.26. The maximum atomic E-state index is 5.53. The predicted molar refractivity (Wildman–Crippen MR) is 121 cm³/mol. The number of pyridine rings is 1. The van der Waals surface area contributed by atoms with Crippen LogP contribution in [0.3, 0.4) is 0 Å². The van der Waals surface area contributed by atoms with Gasteiger partial charge in [-0.05, 0) is 58.4 Å². The Morgan fingerprint density at radius 2 is 1.93 bits per heavy atom. The van der Waals surface area contributed by atoms with E-state index in [2.05, 4.69) is 51.2 Å². The molecule has 4 rings (SSSR count). The number of nitrogens with one attached hydrogen (secondary N) is 1. The Balaban J connectivity index is 1.50. The second-order valence-corrected chi connectivity index (χ2v) is 9.83. The van der Waals surface area contributed by atoms with Crippen LogP contribution in [-0.2, 0) is 0 Å². The number of hydrogen-bond acceptors (Lipinski definition) is 8. The second-order valence-electron chi connectivity index (χ2n) is 8.60. The van der Waals surface area contributed by atoms with Gasteiger partial charge in [0.05, 0.1) is 28.3 Å². The fraction of sp³-hybridized carbons (Fsp3) is 0.455. The predicted octanol–water partition coefficient (Wildman–Crippen LogP) is 3.95. The van der Waals surface area contributed by atoms with Gasteiger partial charge in [0.2, 0.25) is 5.88 Å². The van der Waals surface area contributed by atoms with Crippen LogP contribution >= 0.6 is 11.3 Å². The number of methoxy groups -OCH3 is 1. The molecule has 8 heteroatoms. The monoisotopic (exact) mass is 424 g/mol. The van der Waals surface area contributed by atoms with Gasteiger partial charge in [-0.3, -0.25) is 0 Å². The highest BCUT2D eigenvalue weighted by atomic mass is 32.1. The Morgan fingerprint density at radius 3 is 2.57 bits per heavy atom. The average Bonchev–Trinajstić information content (AvgIpc) is 3.35. The fourth-order valence-corrected chi connectivity index (χ4v) is 4.54. The summed E-state index contributed by atoms with van der Waals surface area (Å²) in [5.41, 5.74) is 2.52. The first-order valence-electron chi connectivity index (χ1n) is 10.2. The Labute approximate surface area is 181 Å². The quantitative estimate of drug-likeness (QED) is 0.665. The molecule has 30 heavy (non-hydrogen) atoms. The van der Waals surface area contributed by atoms with Crippen molar-refractivity contribution in [2.75, 3.05) is 25.1 Å². The Kier molecular flexibility index (Phi) is 5.71. The molecule has 1 aliphatic rings. The van der Waals surface area contributed by atoms with Crippen LogP contribution in [-0.4, -0.2) is 51.9 Å². The molecule has 1 fully saturated rings. The lowest BCUT2D eigenvalue weighted by Gasteiger charge is -2.26. The van der Waals surface area contributed by atoms with Crippen LogP contribution in [0.15, 0.2) is 30.5 Å². The van der Waals surface area contributed by atoms with E-state index in [0.29, 0.717) is 11.9 Å². The number of hydrogen-bond donors (Lipinski definition) is 1. The van der Waals surface area contributed by atoms with Crippen LogP contribution in [0.25, 0.3) is 21.8 Å². The number of nitrogens with zero attached hydrogens (tertiary/aromatic N) is 5. The van der Waals surface area contributed by atoms with Gasteiger partial charge in [-0.2, -0.15) is 0 Å². The molecule has 158 valence electrons. The van der Waals surface area contributed by atoms with E-state index >= 15 is 0 Å². The molecule has 1 atom stereocenters. The maximum Gasteiger partial charge on any atom is 0.222 e. The molecule has 0 spiro atoms. The highest BCUT2D eigenvalue weighted by molar-refractivity contribution is 7.15. The van der Waals surface area contributed by atoms with Gasteiger partial charge in [-0.1, -0.05) is 0 Å². The van der Waals surface area contributed by atoms with Gasteiger partial charge in [0.15, 0.2) is 5.82 Å². The minimum atomic E-state index is 0.116. The van der Waals surface area contributed by atoms with Crippen molar-refractivity contribution in [2.45, 2.75) is 45.7 Å². The van der Waals surface area contributed by atoms with E-state index in [0.717, 1.165) is 52.2 Å². The molecule has 1 saturated heterocycles. The Hall–Kier alpha value is -2.58. The minimum absolute atomic E-state index is 0.116. The number of aromatic nitrogens is 4. The normalized spacial score (nSPS) is 16.8. The highest BCUT2D eigenvalue weighted by Crippen LogP contribution is 2.34.